The van der Waals surface area contributed by atoms with E-state index in [1.807, 2.05) is 23.6 Å². The number of ether oxygens (including phenoxy) is 1. The second-order valence-electron chi connectivity index (χ2n) is 5.44. The molecule has 7 heteroatoms. The van der Waals surface area contributed by atoms with Crippen LogP contribution in [0.1, 0.15) is 11.3 Å². The predicted molar refractivity (Wildman–Crippen MR) is 80.2 cm³/mol. The van der Waals surface area contributed by atoms with Gasteiger partial charge < -0.3 is 14.2 Å². The van der Waals surface area contributed by atoms with E-state index in [2.05, 4.69) is 10.1 Å². The average Bonchev–Trinajstić information content (AvgIpc) is 2.93. The zero-order valence-electron chi connectivity index (χ0n) is 12.3. The molecule has 0 N–H and O–H groups in total. The lowest BCUT2D eigenvalue weighted by Crippen LogP contribution is -2.52. The van der Waals surface area contributed by atoms with Crippen molar-refractivity contribution >= 4 is 17.7 Å². The van der Waals surface area contributed by atoms with Gasteiger partial charge in [-0.15, -0.1) is 0 Å². The molecule has 6 nitrogen and oxygen atoms in total. The van der Waals surface area contributed by atoms with E-state index < -0.39 is 0 Å². The van der Waals surface area contributed by atoms with Crippen molar-refractivity contribution in [2.24, 2.45) is 0 Å². The van der Waals surface area contributed by atoms with E-state index in [1.165, 1.54) is 0 Å². The van der Waals surface area contributed by atoms with Crippen LogP contribution in [0.5, 0.6) is 0 Å². The quantitative estimate of drug-likeness (QED) is 0.821. The van der Waals surface area contributed by atoms with Crippen LogP contribution in [-0.2, 0) is 16.1 Å². The van der Waals surface area contributed by atoms with Gasteiger partial charge in [0.05, 0.1) is 12.8 Å². The number of thioether (sulfide) groups is 1. The summed E-state index contributed by atoms with van der Waals surface area (Å²) in [5.41, 5.74) is 1.08. The molecule has 1 unspecified atom stereocenters. The Bertz CT molecular complexity index is 488. The number of carbonyl (C=O) groups excluding carboxylic acids is 1. The molecule has 0 bridgehead atoms. The Balaban J connectivity index is 1.57. The third-order valence-corrected chi connectivity index (χ3v) is 4.94. The van der Waals surface area contributed by atoms with Crippen LogP contribution in [0.3, 0.4) is 0 Å². The predicted octanol–water partition coefficient (Wildman–Crippen LogP) is 0.759. The molecule has 1 atom stereocenters. The third kappa shape index (κ3) is 3.59. The summed E-state index contributed by atoms with van der Waals surface area (Å²) in [5.74, 6) is 3.05. The molecular formula is C14H21N3O3S. The number of nitrogens with zero attached hydrogens (tertiary/aromatic N) is 3. The number of amides is 1. The number of aromatic nitrogens is 1. The van der Waals surface area contributed by atoms with Gasteiger partial charge in [-0.3, -0.25) is 9.69 Å². The Morgan fingerprint density at radius 2 is 2.24 bits per heavy atom. The largest absolute Gasteiger partial charge is 0.366 e. The lowest BCUT2D eigenvalue weighted by atomic mass is 10.2. The summed E-state index contributed by atoms with van der Waals surface area (Å²) in [7, 11) is 0. The highest BCUT2D eigenvalue weighted by Crippen LogP contribution is 2.16. The van der Waals surface area contributed by atoms with E-state index >= 15 is 0 Å². The van der Waals surface area contributed by atoms with Crippen molar-refractivity contribution in [2.75, 3.05) is 44.3 Å². The molecule has 2 fully saturated rings. The van der Waals surface area contributed by atoms with Crippen LogP contribution in [0.25, 0.3) is 0 Å². The van der Waals surface area contributed by atoms with E-state index in [4.69, 9.17) is 9.26 Å². The Labute approximate surface area is 128 Å². The number of carbonyl (C=O) groups is 1. The Morgan fingerprint density at radius 3 is 2.95 bits per heavy atom. The fourth-order valence-corrected chi connectivity index (χ4v) is 3.60. The van der Waals surface area contributed by atoms with Crippen molar-refractivity contribution < 1.29 is 14.1 Å². The molecule has 2 saturated heterocycles. The topological polar surface area (TPSA) is 58.8 Å². The first kappa shape index (κ1) is 14.9. The van der Waals surface area contributed by atoms with Gasteiger partial charge in [0.25, 0.3) is 5.91 Å². The molecule has 2 aliphatic heterocycles. The second-order valence-corrected chi connectivity index (χ2v) is 6.66. The number of hydrogen-bond donors (Lipinski definition) is 0. The Hall–Kier alpha value is -1.05. The standard InChI is InChI=1S/C14H21N3O3S/c1-11-12(8-15-20-11)9-16-2-5-19-13(10-16)14(18)17-3-6-21-7-4-17/h8,13H,2-7,9-10H2,1H3. The monoisotopic (exact) mass is 311 g/mol. The molecule has 0 saturated carbocycles. The zero-order valence-corrected chi connectivity index (χ0v) is 13.1. The molecular weight excluding hydrogens is 290 g/mol. The second kappa shape index (κ2) is 6.81. The summed E-state index contributed by atoms with van der Waals surface area (Å²) in [6, 6.07) is 0. The third-order valence-electron chi connectivity index (χ3n) is 3.99. The minimum absolute atomic E-state index is 0.141. The molecule has 21 heavy (non-hydrogen) atoms. The van der Waals surface area contributed by atoms with Gasteiger partial charge in [0.15, 0.2) is 0 Å². The molecule has 116 valence electrons. The van der Waals surface area contributed by atoms with Crippen molar-refractivity contribution in [1.29, 1.82) is 0 Å². The van der Waals surface area contributed by atoms with Crippen LogP contribution in [0, 0.1) is 6.92 Å². The molecule has 3 rings (SSSR count). The van der Waals surface area contributed by atoms with Crippen LogP contribution in [-0.4, -0.2) is 71.3 Å². The van der Waals surface area contributed by atoms with Gasteiger partial charge in [0, 0.05) is 49.8 Å². The highest BCUT2D eigenvalue weighted by molar-refractivity contribution is 7.99. The first-order valence-corrected chi connectivity index (χ1v) is 8.50. The van der Waals surface area contributed by atoms with Crippen molar-refractivity contribution in [2.45, 2.75) is 19.6 Å². The van der Waals surface area contributed by atoms with Gasteiger partial charge in [0.2, 0.25) is 0 Å². The molecule has 0 aliphatic carbocycles. The van der Waals surface area contributed by atoms with Gasteiger partial charge in [-0.25, -0.2) is 0 Å². The van der Waals surface area contributed by atoms with Crippen LogP contribution < -0.4 is 0 Å². The smallest absolute Gasteiger partial charge is 0.253 e. The summed E-state index contributed by atoms with van der Waals surface area (Å²) in [6.07, 6.45) is 1.42. The summed E-state index contributed by atoms with van der Waals surface area (Å²) in [5, 5.41) is 3.80. The summed E-state index contributed by atoms with van der Waals surface area (Å²) >= 11 is 1.91. The van der Waals surface area contributed by atoms with Gasteiger partial charge in [0.1, 0.15) is 11.9 Å². The van der Waals surface area contributed by atoms with Crippen molar-refractivity contribution in [3.8, 4) is 0 Å². The maximum absolute atomic E-state index is 12.5. The van der Waals surface area contributed by atoms with E-state index in [9.17, 15) is 4.79 Å². The lowest BCUT2D eigenvalue weighted by Gasteiger charge is -2.36. The van der Waals surface area contributed by atoms with Crippen LogP contribution >= 0.6 is 11.8 Å². The maximum Gasteiger partial charge on any atom is 0.253 e. The Kier molecular flexibility index (Phi) is 4.82. The van der Waals surface area contributed by atoms with Crippen molar-refractivity contribution in [1.82, 2.24) is 15.0 Å². The average molecular weight is 311 g/mol. The van der Waals surface area contributed by atoms with Gasteiger partial charge in [-0.2, -0.15) is 11.8 Å². The highest BCUT2D eigenvalue weighted by atomic mass is 32.2. The first-order valence-electron chi connectivity index (χ1n) is 7.34. The first-order chi connectivity index (χ1) is 10.2. The van der Waals surface area contributed by atoms with Gasteiger partial charge >= 0.3 is 0 Å². The van der Waals surface area contributed by atoms with Gasteiger partial charge in [-0.1, -0.05) is 5.16 Å². The fourth-order valence-electron chi connectivity index (χ4n) is 2.69. The van der Waals surface area contributed by atoms with Gasteiger partial charge in [-0.05, 0) is 6.92 Å². The minimum atomic E-state index is -0.331. The molecule has 1 aromatic rings. The number of hydrogen-bond acceptors (Lipinski definition) is 6. The fraction of sp³-hybridized carbons (Fsp3) is 0.714. The molecule has 3 heterocycles. The van der Waals surface area contributed by atoms with E-state index in [0.717, 1.165) is 49.0 Å². The van der Waals surface area contributed by atoms with Crippen LogP contribution in [0.4, 0.5) is 0 Å². The van der Waals surface area contributed by atoms with Crippen LogP contribution in [0.2, 0.25) is 0 Å². The van der Waals surface area contributed by atoms with Crippen LogP contribution in [0.15, 0.2) is 10.7 Å². The number of morpholine rings is 1. The molecule has 0 radical (unpaired) electrons. The molecule has 0 aromatic carbocycles. The van der Waals surface area contributed by atoms with E-state index in [0.29, 0.717) is 13.2 Å². The Morgan fingerprint density at radius 1 is 1.43 bits per heavy atom. The molecule has 1 aromatic heterocycles. The highest BCUT2D eigenvalue weighted by Gasteiger charge is 2.31. The van der Waals surface area contributed by atoms with E-state index in [1.54, 1.807) is 6.20 Å². The summed E-state index contributed by atoms with van der Waals surface area (Å²) in [6.45, 7) is 6.44. The minimum Gasteiger partial charge on any atom is -0.366 e. The number of rotatable bonds is 3. The summed E-state index contributed by atoms with van der Waals surface area (Å²) in [4.78, 5) is 16.7. The lowest BCUT2D eigenvalue weighted by molar-refractivity contribution is -0.149. The van der Waals surface area contributed by atoms with E-state index in [-0.39, 0.29) is 12.0 Å². The number of aryl methyl sites for hydroxylation is 1. The maximum atomic E-state index is 12.5. The molecule has 2 aliphatic rings. The normalized spacial score (nSPS) is 24.2. The zero-order chi connectivity index (χ0) is 14.7. The summed E-state index contributed by atoms with van der Waals surface area (Å²) < 4.78 is 10.8. The van der Waals surface area contributed by atoms with Crippen molar-refractivity contribution in [3.05, 3.63) is 17.5 Å². The SMILES string of the molecule is Cc1oncc1CN1CCOC(C(=O)N2CCSCC2)C1. The van der Waals surface area contributed by atoms with Crippen molar-refractivity contribution in [3.63, 3.8) is 0 Å². The molecule has 0 spiro atoms. The molecule has 1 amide bonds.